The predicted octanol–water partition coefficient (Wildman–Crippen LogP) is 3.29. The van der Waals surface area contributed by atoms with Crippen molar-refractivity contribution in [3.05, 3.63) is 85.0 Å². The van der Waals surface area contributed by atoms with Gasteiger partial charge in [-0.2, -0.15) is 0 Å². The number of nitrogens with zero attached hydrogens (tertiary/aromatic N) is 5. The van der Waals surface area contributed by atoms with Gasteiger partial charge >= 0.3 is 5.69 Å². The molecule has 11 heteroatoms. The van der Waals surface area contributed by atoms with E-state index in [-0.39, 0.29) is 16.7 Å². The molecule has 2 heterocycles. The van der Waals surface area contributed by atoms with Crippen LogP contribution in [0.15, 0.2) is 63.1 Å². The quantitative estimate of drug-likeness (QED) is 0.171. The van der Waals surface area contributed by atoms with Crippen LogP contribution in [0.5, 0.6) is 5.75 Å². The first kappa shape index (κ1) is 23.2. The molecule has 0 spiro atoms. The predicted molar refractivity (Wildman–Crippen MR) is 129 cm³/mol. The summed E-state index contributed by atoms with van der Waals surface area (Å²) < 4.78 is 7.84. The molecule has 2 aromatic carbocycles. The van der Waals surface area contributed by atoms with Crippen LogP contribution in [0.4, 0.5) is 5.69 Å². The van der Waals surface area contributed by atoms with Crippen LogP contribution in [0.3, 0.4) is 0 Å². The molecule has 0 N–H and O–H groups in total. The normalized spacial score (nSPS) is 11.0. The summed E-state index contributed by atoms with van der Waals surface area (Å²) in [4.78, 5) is 45.2. The van der Waals surface area contributed by atoms with Crippen molar-refractivity contribution in [2.45, 2.75) is 17.7 Å². The largest absolute Gasteiger partial charge is 0.494 e. The van der Waals surface area contributed by atoms with Gasteiger partial charge in [0.25, 0.3) is 11.2 Å². The molecular weight excluding hydrogens is 458 g/mol. The molecule has 2 aromatic heterocycles. The van der Waals surface area contributed by atoms with E-state index in [0.717, 1.165) is 10.1 Å². The highest BCUT2D eigenvalue weighted by molar-refractivity contribution is 7.98. The number of thioether (sulfide) groups is 1. The number of rotatable bonds is 7. The summed E-state index contributed by atoms with van der Waals surface area (Å²) in [5.41, 5.74) is 0.797. The van der Waals surface area contributed by atoms with Crippen LogP contribution in [-0.2, 0) is 19.8 Å². The second kappa shape index (κ2) is 9.48. The van der Waals surface area contributed by atoms with Gasteiger partial charge in [0.05, 0.1) is 11.5 Å². The van der Waals surface area contributed by atoms with E-state index in [1.165, 1.54) is 35.5 Å². The van der Waals surface area contributed by atoms with Crippen molar-refractivity contribution in [3.63, 3.8) is 0 Å². The lowest BCUT2D eigenvalue weighted by atomic mass is 10.2. The zero-order valence-corrected chi connectivity index (χ0v) is 19.5. The third-order valence-corrected chi connectivity index (χ3v) is 6.26. The fourth-order valence-electron chi connectivity index (χ4n) is 3.39. The summed E-state index contributed by atoms with van der Waals surface area (Å²) in [5, 5.41) is 11.6. The number of fused-ring (bicyclic) bond motifs is 1. The van der Waals surface area contributed by atoms with Crippen molar-refractivity contribution in [2.24, 2.45) is 14.1 Å². The molecule has 4 aromatic rings. The molecule has 0 radical (unpaired) electrons. The fourth-order valence-corrected chi connectivity index (χ4v) is 4.36. The highest BCUT2D eigenvalue weighted by Gasteiger charge is 2.18. The maximum atomic E-state index is 13.0. The third kappa shape index (κ3) is 4.42. The number of hydrogen-bond acceptors (Lipinski definition) is 8. The van der Waals surface area contributed by atoms with Crippen LogP contribution < -0.4 is 16.0 Å². The number of nitro groups is 1. The zero-order chi connectivity index (χ0) is 24.4. The van der Waals surface area contributed by atoms with Crippen LogP contribution in [0, 0.1) is 10.1 Å². The van der Waals surface area contributed by atoms with Gasteiger partial charge in [-0.25, -0.2) is 14.8 Å². The second-order valence-electron chi connectivity index (χ2n) is 7.43. The van der Waals surface area contributed by atoms with Gasteiger partial charge in [-0.1, -0.05) is 12.1 Å². The molecule has 174 valence electrons. The van der Waals surface area contributed by atoms with Crippen molar-refractivity contribution >= 4 is 28.5 Å². The number of non-ortho nitro benzene ring substituents is 1. The third-order valence-electron chi connectivity index (χ3n) is 5.21. The number of hydrogen-bond donors (Lipinski definition) is 0. The number of aromatic nitrogens is 4. The minimum atomic E-state index is -0.486. The molecule has 0 bridgehead atoms. The van der Waals surface area contributed by atoms with E-state index in [1.807, 2.05) is 19.1 Å². The van der Waals surface area contributed by atoms with Crippen molar-refractivity contribution < 1.29 is 9.66 Å². The maximum Gasteiger partial charge on any atom is 0.332 e. The van der Waals surface area contributed by atoms with E-state index in [0.29, 0.717) is 34.5 Å². The Morgan fingerprint density at radius 3 is 2.29 bits per heavy atom. The lowest BCUT2D eigenvalue weighted by Gasteiger charge is -2.12. The monoisotopic (exact) mass is 479 g/mol. The Labute approximate surface area is 198 Å². The van der Waals surface area contributed by atoms with Crippen molar-refractivity contribution in [1.29, 1.82) is 0 Å². The Morgan fingerprint density at radius 1 is 1.00 bits per heavy atom. The van der Waals surface area contributed by atoms with Crippen molar-refractivity contribution in [2.75, 3.05) is 6.61 Å². The number of aryl methyl sites for hydroxylation is 1. The zero-order valence-electron chi connectivity index (χ0n) is 18.7. The number of ether oxygens (including phenoxy) is 1. The molecule has 4 rings (SSSR count). The first-order valence-corrected chi connectivity index (χ1v) is 11.4. The first-order chi connectivity index (χ1) is 16.3. The SMILES string of the molecule is CCOc1ccc(-c2nc(SCc3ccc([N+](=O)[O-])cc3)c3c(=O)n(C)c(=O)n(C)c3n2)cc1. The lowest BCUT2D eigenvalue weighted by molar-refractivity contribution is -0.384. The second-order valence-corrected chi connectivity index (χ2v) is 8.39. The molecule has 0 saturated heterocycles. The summed E-state index contributed by atoms with van der Waals surface area (Å²) in [6.07, 6.45) is 0. The highest BCUT2D eigenvalue weighted by atomic mass is 32.2. The van der Waals surface area contributed by atoms with Gasteiger partial charge in [-0.05, 0) is 36.8 Å². The van der Waals surface area contributed by atoms with Crippen molar-refractivity contribution in [1.82, 2.24) is 19.1 Å². The van der Waals surface area contributed by atoms with Crippen LogP contribution in [-0.4, -0.2) is 30.6 Å². The van der Waals surface area contributed by atoms with Gasteiger partial charge in [0.2, 0.25) is 0 Å². The number of nitro benzene ring substituents is 1. The molecule has 0 aliphatic carbocycles. The average Bonchev–Trinajstić information content (AvgIpc) is 2.85. The Balaban J connectivity index is 1.81. The Bertz CT molecular complexity index is 1490. The average molecular weight is 480 g/mol. The maximum absolute atomic E-state index is 13.0. The molecular formula is C23H21N5O5S. The minimum absolute atomic E-state index is 0.00268. The van der Waals surface area contributed by atoms with E-state index >= 15 is 0 Å². The molecule has 0 unspecified atom stereocenters. The Kier molecular flexibility index (Phi) is 6.46. The van der Waals surface area contributed by atoms with Crippen LogP contribution in [0.25, 0.3) is 22.4 Å². The molecule has 0 saturated carbocycles. The van der Waals surface area contributed by atoms with Crippen LogP contribution >= 0.6 is 11.8 Å². The molecule has 0 aliphatic rings. The molecule has 0 fully saturated rings. The Morgan fingerprint density at radius 2 is 1.68 bits per heavy atom. The van der Waals surface area contributed by atoms with Gasteiger partial charge in [-0.3, -0.25) is 24.0 Å². The highest BCUT2D eigenvalue weighted by Crippen LogP contribution is 2.29. The van der Waals surface area contributed by atoms with E-state index in [9.17, 15) is 19.7 Å². The lowest BCUT2D eigenvalue weighted by Crippen LogP contribution is -2.37. The summed E-state index contributed by atoms with van der Waals surface area (Å²) in [5.74, 6) is 1.49. The molecule has 0 aliphatic heterocycles. The van der Waals surface area contributed by atoms with E-state index in [2.05, 4.69) is 9.97 Å². The minimum Gasteiger partial charge on any atom is -0.494 e. The van der Waals surface area contributed by atoms with Gasteiger partial charge in [0.1, 0.15) is 16.2 Å². The first-order valence-electron chi connectivity index (χ1n) is 10.4. The van der Waals surface area contributed by atoms with E-state index < -0.39 is 16.2 Å². The van der Waals surface area contributed by atoms with Crippen LogP contribution in [0.2, 0.25) is 0 Å². The standard InChI is InChI=1S/C23H21N5O5S/c1-4-33-17-11-7-15(8-12-17)19-24-20-18(22(29)27(3)23(30)26(20)2)21(25-19)34-13-14-5-9-16(10-6-14)28(31)32/h5-12H,4,13H2,1-3H3. The van der Waals surface area contributed by atoms with Gasteiger partial charge < -0.3 is 4.74 Å². The summed E-state index contributed by atoms with van der Waals surface area (Å²) in [6.45, 7) is 2.44. The summed E-state index contributed by atoms with van der Waals surface area (Å²) >= 11 is 1.30. The van der Waals surface area contributed by atoms with Crippen LogP contribution in [0.1, 0.15) is 12.5 Å². The van der Waals surface area contributed by atoms with E-state index in [1.54, 1.807) is 31.3 Å². The van der Waals surface area contributed by atoms with Gasteiger partial charge in [0, 0.05) is 37.5 Å². The van der Waals surface area contributed by atoms with Gasteiger partial charge in [-0.15, -0.1) is 11.8 Å². The topological polar surface area (TPSA) is 122 Å². The molecule has 34 heavy (non-hydrogen) atoms. The van der Waals surface area contributed by atoms with Crippen molar-refractivity contribution in [3.8, 4) is 17.1 Å². The fraction of sp³-hybridized carbons (Fsp3) is 0.217. The molecule has 10 nitrogen and oxygen atoms in total. The summed E-state index contributed by atoms with van der Waals surface area (Å²) in [6, 6.07) is 13.4. The smallest absolute Gasteiger partial charge is 0.332 e. The van der Waals surface area contributed by atoms with Gasteiger partial charge in [0.15, 0.2) is 11.5 Å². The molecule has 0 amide bonds. The summed E-state index contributed by atoms with van der Waals surface area (Å²) in [7, 11) is 2.97. The Hall–Kier alpha value is -3.99. The molecule has 0 atom stereocenters. The van der Waals surface area contributed by atoms with E-state index in [4.69, 9.17) is 4.74 Å². The number of benzene rings is 2.